The smallest absolute Gasteiger partial charge is 0.243 e. The number of hydrogen-bond donors (Lipinski definition) is 0. The lowest BCUT2D eigenvalue weighted by atomic mass is 9.96. The topological polar surface area (TPSA) is 60.9 Å². The van der Waals surface area contributed by atoms with Crippen LogP contribution in [-0.2, 0) is 21.4 Å². The minimum absolute atomic E-state index is 0.0685. The second-order valence-electron chi connectivity index (χ2n) is 7.67. The molecular weight excluding hydrogens is 406 g/mol. The Hall–Kier alpha value is -1.74. The zero-order valence-corrected chi connectivity index (χ0v) is 18.1. The van der Waals surface area contributed by atoms with Crippen molar-refractivity contribution in [2.75, 3.05) is 39.3 Å². The Balaban J connectivity index is 1.27. The van der Waals surface area contributed by atoms with Crippen LogP contribution in [0.2, 0.25) is 0 Å². The van der Waals surface area contributed by atoms with Gasteiger partial charge in [0.1, 0.15) is 0 Å². The molecule has 29 heavy (non-hydrogen) atoms. The molecule has 1 aromatic carbocycles. The number of rotatable bonds is 5. The Morgan fingerprint density at radius 3 is 2.24 bits per heavy atom. The Morgan fingerprint density at radius 1 is 0.931 bits per heavy atom. The molecule has 2 aromatic rings. The molecule has 6 nitrogen and oxygen atoms in total. The van der Waals surface area contributed by atoms with Crippen molar-refractivity contribution in [1.82, 2.24) is 14.1 Å². The van der Waals surface area contributed by atoms with Crippen LogP contribution in [0.1, 0.15) is 17.7 Å². The highest BCUT2D eigenvalue weighted by Gasteiger charge is 2.34. The highest BCUT2D eigenvalue weighted by molar-refractivity contribution is 7.89. The number of hydrogen-bond acceptors (Lipinski definition) is 5. The van der Waals surface area contributed by atoms with Crippen molar-refractivity contribution < 1.29 is 13.2 Å². The third-order valence-electron chi connectivity index (χ3n) is 5.83. The van der Waals surface area contributed by atoms with E-state index >= 15 is 0 Å². The Labute approximate surface area is 176 Å². The largest absolute Gasteiger partial charge is 0.340 e. The molecule has 0 unspecified atom stereocenters. The van der Waals surface area contributed by atoms with Crippen LogP contribution in [0.3, 0.4) is 0 Å². The van der Waals surface area contributed by atoms with Gasteiger partial charge >= 0.3 is 0 Å². The van der Waals surface area contributed by atoms with Crippen molar-refractivity contribution in [3.8, 4) is 0 Å². The van der Waals surface area contributed by atoms with Crippen molar-refractivity contribution in [3.05, 3.63) is 52.7 Å². The normalized spacial score (nSPS) is 20.1. The number of thiophene rings is 1. The monoisotopic (exact) mass is 433 g/mol. The van der Waals surface area contributed by atoms with Gasteiger partial charge in [0.15, 0.2) is 0 Å². The summed E-state index contributed by atoms with van der Waals surface area (Å²) in [4.78, 5) is 19.0. The van der Waals surface area contributed by atoms with Crippen LogP contribution >= 0.6 is 11.3 Å². The molecule has 0 N–H and O–H groups in total. The van der Waals surface area contributed by atoms with E-state index in [4.69, 9.17) is 0 Å². The summed E-state index contributed by atoms with van der Waals surface area (Å²) < 4.78 is 27.0. The molecule has 4 rings (SSSR count). The van der Waals surface area contributed by atoms with E-state index in [-0.39, 0.29) is 11.8 Å². The maximum atomic E-state index is 12.9. The van der Waals surface area contributed by atoms with Gasteiger partial charge in [0.2, 0.25) is 15.9 Å². The van der Waals surface area contributed by atoms with E-state index in [1.165, 1.54) is 9.18 Å². The van der Waals surface area contributed by atoms with Gasteiger partial charge in [-0.3, -0.25) is 9.69 Å². The van der Waals surface area contributed by atoms with E-state index in [0.29, 0.717) is 30.8 Å². The summed E-state index contributed by atoms with van der Waals surface area (Å²) in [7, 11) is -3.47. The van der Waals surface area contributed by atoms with Crippen molar-refractivity contribution in [1.29, 1.82) is 0 Å². The summed E-state index contributed by atoms with van der Waals surface area (Å²) >= 11 is 1.77. The van der Waals surface area contributed by atoms with Crippen LogP contribution in [0.5, 0.6) is 0 Å². The average molecular weight is 434 g/mol. The van der Waals surface area contributed by atoms with Gasteiger partial charge in [-0.05, 0) is 36.4 Å². The van der Waals surface area contributed by atoms with Crippen LogP contribution in [0, 0.1) is 5.92 Å². The molecule has 0 bridgehead atoms. The van der Waals surface area contributed by atoms with Crippen molar-refractivity contribution in [2.45, 2.75) is 24.3 Å². The molecule has 1 amide bonds. The Kier molecular flexibility index (Phi) is 6.34. The Bertz CT molecular complexity index is 900. The fourth-order valence-corrected chi connectivity index (χ4v) is 6.33. The fourth-order valence-electron chi connectivity index (χ4n) is 4.09. The van der Waals surface area contributed by atoms with Gasteiger partial charge in [-0.2, -0.15) is 4.31 Å². The zero-order valence-electron chi connectivity index (χ0n) is 16.4. The number of sulfonamides is 1. The number of piperazine rings is 1. The molecule has 156 valence electrons. The SMILES string of the molecule is O=C(C1CCN(S(=O)(=O)c2ccccc2)CC1)N1CCN(Cc2cccs2)CC1. The van der Waals surface area contributed by atoms with Gasteiger partial charge < -0.3 is 4.90 Å². The van der Waals surface area contributed by atoms with Crippen molar-refractivity contribution in [2.24, 2.45) is 5.92 Å². The lowest BCUT2D eigenvalue weighted by Crippen LogP contribution is -2.51. The van der Waals surface area contributed by atoms with Gasteiger partial charge in [-0.15, -0.1) is 11.3 Å². The number of nitrogens with zero attached hydrogens (tertiary/aromatic N) is 3. The summed E-state index contributed by atoms with van der Waals surface area (Å²) in [6.45, 7) is 5.07. The third kappa shape index (κ3) is 4.71. The molecule has 0 atom stereocenters. The highest BCUT2D eigenvalue weighted by Crippen LogP contribution is 2.25. The summed E-state index contributed by atoms with van der Waals surface area (Å²) in [6, 6.07) is 12.8. The summed E-state index contributed by atoms with van der Waals surface area (Å²) in [5.74, 6) is 0.124. The maximum absolute atomic E-state index is 12.9. The average Bonchev–Trinajstić information content (AvgIpc) is 3.27. The second-order valence-corrected chi connectivity index (χ2v) is 10.6. The first-order valence-corrected chi connectivity index (χ1v) is 12.4. The van der Waals surface area contributed by atoms with Crippen LogP contribution in [0.25, 0.3) is 0 Å². The number of benzene rings is 1. The second kappa shape index (κ2) is 8.95. The molecule has 2 saturated heterocycles. The molecule has 2 aliphatic heterocycles. The predicted octanol–water partition coefficient (Wildman–Crippen LogP) is 2.49. The van der Waals surface area contributed by atoms with Gasteiger partial charge in [-0.25, -0.2) is 8.42 Å². The first kappa shape index (κ1) is 20.5. The van der Waals surface area contributed by atoms with Gasteiger partial charge in [0.25, 0.3) is 0 Å². The van der Waals surface area contributed by atoms with Crippen molar-refractivity contribution in [3.63, 3.8) is 0 Å². The number of carbonyl (C=O) groups excluding carboxylic acids is 1. The van der Waals surface area contributed by atoms with E-state index in [1.54, 1.807) is 35.6 Å². The van der Waals surface area contributed by atoms with Crippen LogP contribution < -0.4 is 0 Å². The Morgan fingerprint density at radius 2 is 1.62 bits per heavy atom. The lowest BCUT2D eigenvalue weighted by Gasteiger charge is -2.38. The minimum atomic E-state index is -3.47. The number of carbonyl (C=O) groups is 1. The molecule has 1 aromatic heterocycles. The third-order valence-corrected chi connectivity index (χ3v) is 8.60. The molecular formula is C21H27N3O3S2. The highest BCUT2D eigenvalue weighted by atomic mass is 32.2. The van der Waals surface area contributed by atoms with Crippen LogP contribution in [0.15, 0.2) is 52.7 Å². The van der Waals surface area contributed by atoms with E-state index in [1.807, 2.05) is 11.0 Å². The molecule has 0 radical (unpaired) electrons. The van der Waals surface area contributed by atoms with Crippen LogP contribution in [-0.4, -0.2) is 67.7 Å². The summed E-state index contributed by atoms with van der Waals surface area (Å²) in [6.07, 6.45) is 1.20. The van der Waals surface area contributed by atoms with E-state index in [2.05, 4.69) is 22.4 Å². The minimum Gasteiger partial charge on any atom is -0.340 e. The molecule has 8 heteroatoms. The first-order valence-electron chi connectivity index (χ1n) is 10.1. The number of piperidine rings is 1. The van der Waals surface area contributed by atoms with Gasteiger partial charge in [-0.1, -0.05) is 24.3 Å². The molecule has 0 saturated carbocycles. The number of amides is 1. The predicted molar refractivity (Wildman–Crippen MR) is 114 cm³/mol. The zero-order chi connectivity index (χ0) is 20.3. The lowest BCUT2D eigenvalue weighted by molar-refractivity contribution is -0.138. The van der Waals surface area contributed by atoms with Crippen LogP contribution in [0.4, 0.5) is 0 Å². The molecule has 3 heterocycles. The molecule has 2 aliphatic rings. The fraction of sp³-hybridized carbons (Fsp3) is 0.476. The molecule has 2 fully saturated rings. The summed E-state index contributed by atoms with van der Waals surface area (Å²) in [5.41, 5.74) is 0. The van der Waals surface area contributed by atoms with E-state index in [9.17, 15) is 13.2 Å². The maximum Gasteiger partial charge on any atom is 0.243 e. The van der Waals surface area contributed by atoms with Gasteiger partial charge in [0.05, 0.1) is 4.90 Å². The summed E-state index contributed by atoms with van der Waals surface area (Å²) in [5, 5.41) is 2.10. The van der Waals surface area contributed by atoms with E-state index < -0.39 is 10.0 Å². The van der Waals surface area contributed by atoms with Gasteiger partial charge in [0, 0.05) is 56.6 Å². The quantitative estimate of drug-likeness (QED) is 0.727. The first-order chi connectivity index (χ1) is 14.0. The molecule has 0 spiro atoms. The van der Waals surface area contributed by atoms with E-state index in [0.717, 1.165) is 32.7 Å². The standard InChI is InChI=1S/C21H27N3O3S2/c25-21(23-14-12-22(13-15-23)17-19-5-4-16-28-19)18-8-10-24(11-9-18)29(26,27)20-6-2-1-3-7-20/h1-7,16,18H,8-15,17H2. The van der Waals surface area contributed by atoms with Crippen molar-refractivity contribution >= 4 is 27.3 Å². The molecule has 0 aliphatic carbocycles.